The summed E-state index contributed by atoms with van der Waals surface area (Å²) in [6, 6.07) is 23.5. The monoisotopic (exact) mass is 440 g/mol. The molecule has 1 aliphatic rings. The average Bonchev–Trinajstić information content (AvgIpc) is 3.42. The summed E-state index contributed by atoms with van der Waals surface area (Å²) < 4.78 is 7.04. The topological polar surface area (TPSA) is 71.5 Å². The molecule has 4 aromatic rings. The number of nitrogens with zero attached hydrogens (tertiary/aromatic N) is 4. The Bertz CT molecular complexity index is 1480. The summed E-state index contributed by atoms with van der Waals surface area (Å²) in [5.74, 6) is 0.892. The number of methoxy groups -OCH3 is 1. The van der Waals surface area contributed by atoms with Gasteiger partial charge in [0.25, 0.3) is 0 Å². The van der Waals surface area contributed by atoms with Crippen LogP contribution in [0.5, 0.6) is 11.6 Å². The van der Waals surface area contributed by atoms with Gasteiger partial charge in [-0.25, -0.2) is 9.98 Å². The molecule has 1 aromatic heterocycles. The molecule has 2 heterocycles. The number of ether oxygens (including phenoxy) is 1. The maximum absolute atomic E-state index is 11.1. The highest BCUT2D eigenvalue weighted by atomic mass is 32.1. The minimum absolute atomic E-state index is 0.140. The fourth-order valence-electron chi connectivity index (χ4n) is 3.44. The third-order valence-electron chi connectivity index (χ3n) is 5.09. The number of rotatable bonds is 5. The predicted octanol–water partition coefficient (Wildman–Crippen LogP) is 3.48. The molecule has 0 fully saturated rings. The summed E-state index contributed by atoms with van der Waals surface area (Å²) in [6.07, 6.45) is 3.49. The van der Waals surface area contributed by atoms with Gasteiger partial charge in [0.05, 0.1) is 35.3 Å². The summed E-state index contributed by atoms with van der Waals surface area (Å²) in [7, 11) is 1.63. The standard InChI is InChI=1S/C25H20N4O2S/c1-31-20-10-8-19(9-11-20)29-24(30)23(14-18-7-12-21-22(13-18)28-16-27-21)32-25(29)26-15-17-5-3-2-4-6-17/h2-14,16,30H,15H2,1H3/b18-14+,26-25?. The number of thiazole rings is 1. The molecule has 0 saturated carbocycles. The van der Waals surface area contributed by atoms with Crippen molar-refractivity contribution in [2.24, 2.45) is 15.0 Å². The molecule has 0 bridgehead atoms. The van der Waals surface area contributed by atoms with Crippen LogP contribution < -0.4 is 20.1 Å². The molecular weight excluding hydrogens is 420 g/mol. The van der Waals surface area contributed by atoms with Crippen LogP contribution in [0, 0.1) is 0 Å². The first-order chi connectivity index (χ1) is 15.7. The van der Waals surface area contributed by atoms with E-state index in [9.17, 15) is 5.11 Å². The van der Waals surface area contributed by atoms with Gasteiger partial charge in [-0.3, -0.25) is 9.56 Å². The smallest absolute Gasteiger partial charge is 0.215 e. The summed E-state index contributed by atoms with van der Waals surface area (Å²) in [5.41, 5.74) is 2.74. The Labute approximate surface area is 188 Å². The molecular formula is C25H20N4O2S. The Balaban J connectivity index is 1.63. The van der Waals surface area contributed by atoms with Crippen LogP contribution in [-0.2, 0) is 6.54 Å². The molecule has 5 rings (SSSR count). The lowest BCUT2D eigenvalue weighted by atomic mass is 10.2. The van der Waals surface area contributed by atoms with E-state index in [0.29, 0.717) is 16.2 Å². The maximum Gasteiger partial charge on any atom is 0.215 e. The quantitative estimate of drug-likeness (QED) is 0.516. The molecule has 32 heavy (non-hydrogen) atoms. The first kappa shape index (κ1) is 20.0. The summed E-state index contributed by atoms with van der Waals surface area (Å²) >= 11 is 1.44. The van der Waals surface area contributed by atoms with Crippen LogP contribution in [0.25, 0.3) is 11.8 Å². The molecule has 0 aliphatic carbocycles. The number of aromatic hydroxyl groups is 1. The minimum atomic E-state index is 0.140. The van der Waals surface area contributed by atoms with E-state index in [0.717, 1.165) is 33.3 Å². The van der Waals surface area contributed by atoms with Gasteiger partial charge < -0.3 is 9.84 Å². The molecule has 1 aliphatic heterocycles. The zero-order valence-corrected chi connectivity index (χ0v) is 18.2. The van der Waals surface area contributed by atoms with E-state index in [1.807, 2.05) is 78.9 Å². The molecule has 158 valence electrons. The number of aliphatic imine (C=N–C) groups is 1. The van der Waals surface area contributed by atoms with Crippen molar-refractivity contribution < 1.29 is 9.84 Å². The van der Waals surface area contributed by atoms with E-state index in [1.54, 1.807) is 18.0 Å². The zero-order chi connectivity index (χ0) is 21.9. The Morgan fingerprint density at radius 2 is 1.88 bits per heavy atom. The molecule has 6 nitrogen and oxygen atoms in total. The lowest BCUT2D eigenvalue weighted by Crippen LogP contribution is -2.12. The van der Waals surface area contributed by atoms with E-state index in [2.05, 4.69) is 9.98 Å². The van der Waals surface area contributed by atoms with Crippen LogP contribution >= 0.6 is 11.3 Å². The van der Waals surface area contributed by atoms with Gasteiger partial charge in [-0.15, -0.1) is 0 Å². The highest BCUT2D eigenvalue weighted by molar-refractivity contribution is 7.10. The normalized spacial score (nSPS) is 13.3. The first-order valence-corrected chi connectivity index (χ1v) is 10.9. The second kappa shape index (κ2) is 8.64. The summed E-state index contributed by atoms with van der Waals surface area (Å²) in [5, 5.41) is 12.9. The highest BCUT2D eigenvalue weighted by Gasteiger charge is 2.13. The van der Waals surface area contributed by atoms with E-state index in [4.69, 9.17) is 9.73 Å². The van der Waals surface area contributed by atoms with Crippen molar-refractivity contribution in [3.8, 4) is 17.3 Å². The van der Waals surface area contributed by atoms with Crippen LogP contribution in [0.2, 0.25) is 0 Å². The fraction of sp³-hybridized carbons (Fsp3) is 0.0800. The Morgan fingerprint density at radius 1 is 1.06 bits per heavy atom. The second-order valence-electron chi connectivity index (χ2n) is 7.17. The van der Waals surface area contributed by atoms with Gasteiger partial charge in [0, 0.05) is 0 Å². The van der Waals surface area contributed by atoms with Gasteiger partial charge in [-0.05, 0) is 53.3 Å². The van der Waals surface area contributed by atoms with Crippen molar-refractivity contribution in [3.63, 3.8) is 0 Å². The van der Waals surface area contributed by atoms with Gasteiger partial charge in [0.2, 0.25) is 5.88 Å². The second-order valence-corrected chi connectivity index (χ2v) is 8.18. The average molecular weight is 441 g/mol. The lowest BCUT2D eigenvalue weighted by Gasteiger charge is -2.06. The van der Waals surface area contributed by atoms with E-state index in [-0.39, 0.29) is 5.88 Å². The third kappa shape index (κ3) is 3.98. The molecule has 0 spiro atoms. The van der Waals surface area contributed by atoms with Gasteiger partial charge >= 0.3 is 0 Å². The highest BCUT2D eigenvalue weighted by Crippen LogP contribution is 2.26. The lowest BCUT2D eigenvalue weighted by molar-refractivity contribution is 0.414. The SMILES string of the molecule is COc1ccc(-n2c(O)c(/C=c3\ccc4c(c3)N=CN=4)sc2=NCc2ccccc2)cc1. The minimum Gasteiger partial charge on any atom is -0.497 e. The van der Waals surface area contributed by atoms with Crippen LogP contribution in [-0.4, -0.2) is 23.1 Å². The fourth-order valence-corrected chi connectivity index (χ4v) is 4.43. The molecule has 3 aromatic carbocycles. The number of aromatic nitrogens is 1. The van der Waals surface area contributed by atoms with Crippen LogP contribution in [0.4, 0.5) is 5.69 Å². The molecule has 0 radical (unpaired) electrons. The molecule has 0 unspecified atom stereocenters. The molecule has 0 saturated heterocycles. The molecule has 7 heteroatoms. The number of hydrogen-bond acceptors (Lipinski definition) is 6. The van der Waals surface area contributed by atoms with Crippen LogP contribution in [0.1, 0.15) is 10.4 Å². The van der Waals surface area contributed by atoms with Crippen molar-refractivity contribution in [1.82, 2.24) is 4.57 Å². The van der Waals surface area contributed by atoms with Crippen molar-refractivity contribution in [2.75, 3.05) is 7.11 Å². The Morgan fingerprint density at radius 3 is 2.66 bits per heavy atom. The van der Waals surface area contributed by atoms with Gasteiger partial charge in [0.1, 0.15) is 12.1 Å². The van der Waals surface area contributed by atoms with Crippen LogP contribution in [0.15, 0.2) is 87.8 Å². The molecule has 0 amide bonds. The van der Waals surface area contributed by atoms with Crippen molar-refractivity contribution >= 4 is 29.4 Å². The number of benzene rings is 3. The van der Waals surface area contributed by atoms with Crippen molar-refractivity contribution in [2.45, 2.75) is 6.54 Å². The summed E-state index contributed by atoms with van der Waals surface area (Å²) in [4.78, 5) is 14.7. The number of fused-ring (bicyclic) bond motifs is 1. The molecule has 0 atom stereocenters. The van der Waals surface area contributed by atoms with Gasteiger partial charge in [0.15, 0.2) is 4.80 Å². The predicted molar refractivity (Wildman–Crippen MR) is 127 cm³/mol. The zero-order valence-electron chi connectivity index (χ0n) is 17.3. The largest absolute Gasteiger partial charge is 0.497 e. The first-order valence-electron chi connectivity index (χ1n) is 10.1. The third-order valence-corrected chi connectivity index (χ3v) is 6.10. The van der Waals surface area contributed by atoms with E-state index >= 15 is 0 Å². The molecule has 1 N–H and O–H groups in total. The van der Waals surface area contributed by atoms with Gasteiger partial charge in [-0.1, -0.05) is 47.7 Å². The number of hydrogen-bond donors (Lipinski definition) is 1. The van der Waals surface area contributed by atoms with Gasteiger partial charge in [-0.2, -0.15) is 0 Å². The maximum atomic E-state index is 11.1. The Kier molecular flexibility index (Phi) is 5.39. The van der Waals surface area contributed by atoms with Crippen LogP contribution in [0.3, 0.4) is 0 Å². The summed E-state index contributed by atoms with van der Waals surface area (Å²) in [6.45, 7) is 0.519. The van der Waals surface area contributed by atoms with Crippen molar-refractivity contribution in [1.29, 1.82) is 0 Å². The van der Waals surface area contributed by atoms with E-state index < -0.39 is 0 Å². The Hall–Kier alpha value is -3.97. The van der Waals surface area contributed by atoms with E-state index in [1.165, 1.54) is 11.3 Å². The van der Waals surface area contributed by atoms with Crippen molar-refractivity contribution in [3.05, 3.63) is 98.6 Å².